The average Bonchev–Trinajstić information content (AvgIpc) is 2.50. The summed E-state index contributed by atoms with van der Waals surface area (Å²) in [5.41, 5.74) is 0. The highest BCUT2D eigenvalue weighted by molar-refractivity contribution is 6.66. The van der Waals surface area contributed by atoms with Crippen LogP contribution in [0.5, 0.6) is 0 Å². The minimum atomic E-state index is -0.214. The van der Waals surface area contributed by atoms with Gasteiger partial charge in [0.1, 0.15) is 0 Å². The fourth-order valence-electron chi connectivity index (χ4n) is 3.07. The highest BCUT2D eigenvalue weighted by Gasteiger charge is 2.15. The van der Waals surface area contributed by atoms with E-state index in [1.807, 2.05) is 5.20 Å². The van der Waals surface area contributed by atoms with E-state index >= 15 is 0 Å². The molecule has 0 aliphatic carbocycles. The van der Waals surface area contributed by atoms with E-state index in [0.29, 0.717) is 0 Å². The molecule has 0 fully saturated rings. The lowest BCUT2D eigenvalue weighted by Crippen LogP contribution is -2.16. The topological polar surface area (TPSA) is 0 Å². The first-order chi connectivity index (χ1) is 10.3. The fraction of sp³-hybridized carbons (Fsp3) is 0.900. The smallest absolute Gasteiger partial charge is 0.0797 e. The van der Waals surface area contributed by atoms with Crippen molar-refractivity contribution in [1.82, 2.24) is 0 Å². The Morgan fingerprint density at radius 1 is 0.667 bits per heavy atom. The van der Waals surface area contributed by atoms with Crippen molar-refractivity contribution in [3.8, 4) is 0 Å². The zero-order valence-electron chi connectivity index (χ0n) is 15.5. The maximum absolute atomic E-state index is 2.49. The van der Waals surface area contributed by atoms with Crippen molar-refractivity contribution in [1.29, 1.82) is 0 Å². The van der Waals surface area contributed by atoms with Crippen molar-refractivity contribution in [2.75, 3.05) is 0 Å². The fourth-order valence-corrected chi connectivity index (χ4v) is 6.25. The maximum Gasteiger partial charge on any atom is 0.0797 e. The number of hydrogen-bond acceptors (Lipinski definition) is 0. The van der Waals surface area contributed by atoms with Crippen LogP contribution in [0.25, 0.3) is 0 Å². The van der Waals surface area contributed by atoms with Gasteiger partial charge in [-0.25, -0.2) is 0 Å². The molecule has 0 atom stereocenters. The molecular formula is C20H41Si. The van der Waals surface area contributed by atoms with Crippen LogP contribution >= 0.6 is 0 Å². The van der Waals surface area contributed by atoms with Crippen LogP contribution in [0.1, 0.15) is 105 Å². The maximum atomic E-state index is 2.49. The van der Waals surface area contributed by atoms with Crippen LogP contribution in [-0.4, -0.2) is 8.80 Å². The summed E-state index contributed by atoms with van der Waals surface area (Å²) in [6, 6.07) is 3.09. The lowest BCUT2D eigenvalue weighted by Gasteiger charge is -2.19. The van der Waals surface area contributed by atoms with Crippen LogP contribution in [0.4, 0.5) is 0 Å². The Kier molecular flexibility index (Phi) is 16.3. The van der Waals surface area contributed by atoms with Gasteiger partial charge in [-0.2, -0.15) is 0 Å². The third kappa shape index (κ3) is 12.2. The highest BCUT2D eigenvalue weighted by Crippen LogP contribution is 2.23. The van der Waals surface area contributed by atoms with Gasteiger partial charge in [-0.15, -0.1) is 0 Å². The monoisotopic (exact) mass is 309 g/mol. The molecule has 0 spiro atoms. The van der Waals surface area contributed by atoms with Crippen LogP contribution in [0.15, 0.2) is 11.3 Å². The summed E-state index contributed by atoms with van der Waals surface area (Å²) < 4.78 is 0. The summed E-state index contributed by atoms with van der Waals surface area (Å²) in [5, 5.41) is 1.88. The predicted molar refractivity (Wildman–Crippen MR) is 102 cm³/mol. The van der Waals surface area contributed by atoms with E-state index in [1.54, 1.807) is 12.1 Å². The van der Waals surface area contributed by atoms with E-state index in [2.05, 4.69) is 33.8 Å². The number of unbranched alkanes of at least 4 members (excludes halogenated alkanes) is 8. The molecule has 0 aliphatic heterocycles. The summed E-state index contributed by atoms with van der Waals surface area (Å²) >= 11 is 0. The molecule has 125 valence electrons. The number of rotatable bonds is 15. The van der Waals surface area contributed by atoms with Gasteiger partial charge in [0.25, 0.3) is 0 Å². The third-order valence-electron chi connectivity index (χ3n) is 4.52. The standard InChI is InChI=1S/C20H41Si/c1-5-9-12-15-18-21(19-16-13-10-6-2)20(8-4)17-14-11-7-3/h8H,5-7,9-19H2,1-4H3. The molecule has 1 radical (unpaired) electrons. The zero-order chi connectivity index (χ0) is 15.8. The largest absolute Gasteiger partial charge is 0.0925 e. The summed E-state index contributed by atoms with van der Waals surface area (Å²) in [6.45, 7) is 9.25. The summed E-state index contributed by atoms with van der Waals surface area (Å²) in [5.74, 6) is 0. The van der Waals surface area contributed by atoms with Crippen LogP contribution in [-0.2, 0) is 0 Å². The minimum absolute atomic E-state index is 0.214. The van der Waals surface area contributed by atoms with Crippen molar-refractivity contribution in [3.05, 3.63) is 11.3 Å². The highest BCUT2D eigenvalue weighted by atomic mass is 28.3. The molecule has 0 bridgehead atoms. The van der Waals surface area contributed by atoms with Crippen LogP contribution in [0, 0.1) is 0 Å². The Hall–Kier alpha value is -0.0431. The molecule has 0 rings (SSSR count). The van der Waals surface area contributed by atoms with Gasteiger partial charge >= 0.3 is 0 Å². The zero-order valence-corrected chi connectivity index (χ0v) is 16.5. The van der Waals surface area contributed by atoms with Crippen molar-refractivity contribution < 1.29 is 0 Å². The van der Waals surface area contributed by atoms with E-state index in [1.165, 1.54) is 77.0 Å². The SMILES string of the molecule is CC=C(CCCCC)[Si](CCCCCC)CCCCCC. The van der Waals surface area contributed by atoms with Gasteiger partial charge in [-0.3, -0.25) is 0 Å². The molecule has 0 saturated carbocycles. The van der Waals surface area contributed by atoms with Crippen LogP contribution in [0.2, 0.25) is 12.1 Å². The summed E-state index contributed by atoms with van der Waals surface area (Å²) in [4.78, 5) is 0. The molecule has 0 nitrogen and oxygen atoms in total. The lowest BCUT2D eigenvalue weighted by molar-refractivity contribution is 0.682. The molecule has 0 aromatic heterocycles. The van der Waals surface area contributed by atoms with Gasteiger partial charge in [0, 0.05) is 0 Å². The average molecular weight is 310 g/mol. The Labute approximate surface area is 137 Å². The van der Waals surface area contributed by atoms with E-state index in [9.17, 15) is 0 Å². The molecule has 1 heteroatoms. The number of hydrogen-bond donors (Lipinski definition) is 0. The molecule has 21 heavy (non-hydrogen) atoms. The summed E-state index contributed by atoms with van der Waals surface area (Å²) in [6.07, 6.45) is 19.6. The van der Waals surface area contributed by atoms with Gasteiger partial charge in [-0.1, -0.05) is 108 Å². The molecule has 0 N–H and O–H groups in total. The van der Waals surface area contributed by atoms with Gasteiger partial charge in [-0.05, 0) is 19.8 Å². The van der Waals surface area contributed by atoms with E-state index < -0.39 is 0 Å². The molecule has 0 saturated heterocycles. The first kappa shape index (κ1) is 21.0. The molecule has 0 unspecified atom stereocenters. The molecule has 0 aromatic rings. The molecular weight excluding hydrogens is 268 g/mol. The van der Waals surface area contributed by atoms with Gasteiger partial charge in [0.05, 0.1) is 8.80 Å². The molecule has 0 aromatic carbocycles. The summed E-state index contributed by atoms with van der Waals surface area (Å²) in [7, 11) is -0.214. The van der Waals surface area contributed by atoms with Crippen molar-refractivity contribution in [2.24, 2.45) is 0 Å². The Morgan fingerprint density at radius 2 is 1.14 bits per heavy atom. The Bertz CT molecular complexity index is 220. The first-order valence-electron chi connectivity index (χ1n) is 9.80. The normalized spacial score (nSPS) is 12.3. The van der Waals surface area contributed by atoms with Gasteiger partial charge < -0.3 is 0 Å². The van der Waals surface area contributed by atoms with Crippen LogP contribution < -0.4 is 0 Å². The molecule has 0 aliphatic rings. The molecule has 0 amide bonds. The Balaban J connectivity index is 4.23. The second-order valence-electron chi connectivity index (χ2n) is 6.50. The second kappa shape index (κ2) is 16.3. The van der Waals surface area contributed by atoms with Crippen LogP contribution in [0.3, 0.4) is 0 Å². The lowest BCUT2D eigenvalue weighted by atomic mass is 10.2. The molecule has 0 heterocycles. The van der Waals surface area contributed by atoms with Crippen molar-refractivity contribution in [3.63, 3.8) is 0 Å². The number of allylic oxidation sites excluding steroid dienone is 2. The van der Waals surface area contributed by atoms with Crippen molar-refractivity contribution >= 4 is 8.80 Å². The van der Waals surface area contributed by atoms with Crippen molar-refractivity contribution in [2.45, 2.75) is 117 Å². The quantitative estimate of drug-likeness (QED) is 0.215. The second-order valence-corrected chi connectivity index (χ2v) is 9.35. The third-order valence-corrected chi connectivity index (χ3v) is 7.88. The van der Waals surface area contributed by atoms with E-state index in [4.69, 9.17) is 0 Å². The first-order valence-corrected chi connectivity index (χ1v) is 11.7. The predicted octanol–water partition coefficient (Wildman–Crippen LogP) is 7.71. The van der Waals surface area contributed by atoms with E-state index in [0.717, 1.165) is 0 Å². The Morgan fingerprint density at radius 3 is 1.57 bits per heavy atom. The van der Waals surface area contributed by atoms with E-state index in [-0.39, 0.29) is 8.80 Å². The minimum Gasteiger partial charge on any atom is -0.0925 e. The van der Waals surface area contributed by atoms with Gasteiger partial charge in [0.15, 0.2) is 0 Å². The van der Waals surface area contributed by atoms with Gasteiger partial charge in [0.2, 0.25) is 0 Å².